The Morgan fingerprint density at radius 3 is 2.10 bits per heavy atom. The molecule has 1 atom stereocenters. The van der Waals surface area contributed by atoms with Crippen LogP contribution in [0.4, 0.5) is 0 Å². The van der Waals surface area contributed by atoms with E-state index in [1.54, 1.807) is 24.3 Å². The molecule has 0 saturated heterocycles. The monoisotopic (exact) mass is 289 g/mol. The number of carbonyl (C=O) groups excluding carboxylic acids is 3. The number of carbonyl (C=O) groups is 3. The maximum atomic E-state index is 12.2. The molecule has 1 aromatic rings. The van der Waals surface area contributed by atoms with Crippen LogP contribution < -0.4 is 0 Å². The van der Waals surface area contributed by atoms with Crippen molar-refractivity contribution in [2.75, 3.05) is 6.61 Å². The number of amides is 2. The lowest BCUT2D eigenvalue weighted by Gasteiger charge is -2.21. The summed E-state index contributed by atoms with van der Waals surface area (Å²) in [5, 5.41) is 0. The van der Waals surface area contributed by atoms with Gasteiger partial charge in [0.1, 0.15) is 6.04 Å². The zero-order valence-corrected chi connectivity index (χ0v) is 12.5. The lowest BCUT2D eigenvalue weighted by molar-refractivity contribution is -0.148. The molecule has 0 bridgehead atoms. The van der Waals surface area contributed by atoms with Crippen LogP contribution in [0.1, 0.15) is 47.9 Å². The Bertz CT molecular complexity index is 544. The molecule has 1 heterocycles. The van der Waals surface area contributed by atoms with Crippen LogP contribution in [0, 0.1) is 5.92 Å². The van der Waals surface area contributed by atoms with E-state index in [0.29, 0.717) is 23.7 Å². The molecule has 2 amide bonds. The SMILES string of the molecule is CC(C)CCOC(=O)C(C)N1C(=O)c2ccccc2C1=O. The fraction of sp³-hybridized carbons (Fsp3) is 0.438. The van der Waals surface area contributed by atoms with Gasteiger partial charge in [0.25, 0.3) is 11.8 Å². The second kappa shape index (κ2) is 6.08. The number of hydrogen-bond donors (Lipinski definition) is 0. The molecule has 1 aliphatic rings. The largest absolute Gasteiger partial charge is 0.464 e. The molecule has 5 nitrogen and oxygen atoms in total. The Hall–Kier alpha value is -2.17. The van der Waals surface area contributed by atoms with Crippen molar-refractivity contribution in [2.45, 2.75) is 33.2 Å². The van der Waals surface area contributed by atoms with Crippen LogP contribution in [-0.4, -0.2) is 35.3 Å². The zero-order valence-electron chi connectivity index (χ0n) is 12.5. The van der Waals surface area contributed by atoms with E-state index in [9.17, 15) is 14.4 Å². The van der Waals surface area contributed by atoms with Crippen LogP contribution in [0.2, 0.25) is 0 Å². The van der Waals surface area contributed by atoms with E-state index in [1.807, 2.05) is 13.8 Å². The molecule has 1 aliphatic heterocycles. The minimum Gasteiger partial charge on any atom is -0.464 e. The minimum absolute atomic E-state index is 0.296. The van der Waals surface area contributed by atoms with Gasteiger partial charge in [-0.1, -0.05) is 26.0 Å². The van der Waals surface area contributed by atoms with Gasteiger partial charge in [-0.15, -0.1) is 0 Å². The van der Waals surface area contributed by atoms with Gasteiger partial charge in [-0.05, 0) is 31.4 Å². The highest BCUT2D eigenvalue weighted by Gasteiger charge is 2.41. The summed E-state index contributed by atoms with van der Waals surface area (Å²) in [6.45, 7) is 5.87. The maximum absolute atomic E-state index is 12.2. The van der Waals surface area contributed by atoms with E-state index in [0.717, 1.165) is 11.3 Å². The average molecular weight is 289 g/mol. The number of esters is 1. The molecule has 2 rings (SSSR count). The fourth-order valence-corrected chi connectivity index (χ4v) is 2.18. The zero-order chi connectivity index (χ0) is 15.6. The van der Waals surface area contributed by atoms with Crippen molar-refractivity contribution >= 4 is 17.8 Å². The predicted molar refractivity (Wildman–Crippen MR) is 76.8 cm³/mol. The van der Waals surface area contributed by atoms with Crippen molar-refractivity contribution in [3.05, 3.63) is 35.4 Å². The van der Waals surface area contributed by atoms with Gasteiger partial charge in [0.2, 0.25) is 0 Å². The normalized spacial score (nSPS) is 15.3. The highest BCUT2D eigenvalue weighted by Crippen LogP contribution is 2.24. The van der Waals surface area contributed by atoms with E-state index in [1.165, 1.54) is 6.92 Å². The lowest BCUT2D eigenvalue weighted by Crippen LogP contribution is -2.43. The quantitative estimate of drug-likeness (QED) is 0.616. The van der Waals surface area contributed by atoms with Crippen molar-refractivity contribution in [2.24, 2.45) is 5.92 Å². The number of imide groups is 1. The van der Waals surface area contributed by atoms with Crippen molar-refractivity contribution in [3.8, 4) is 0 Å². The summed E-state index contributed by atoms with van der Waals surface area (Å²) in [4.78, 5) is 37.4. The number of ether oxygens (including phenoxy) is 1. The maximum Gasteiger partial charge on any atom is 0.329 e. The van der Waals surface area contributed by atoms with Gasteiger partial charge in [0, 0.05) is 0 Å². The molecular weight excluding hydrogens is 270 g/mol. The molecule has 112 valence electrons. The predicted octanol–water partition coefficient (Wildman–Crippen LogP) is 2.26. The molecule has 0 aromatic heterocycles. The summed E-state index contributed by atoms with van der Waals surface area (Å²) >= 11 is 0. The van der Waals surface area contributed by atoms with E-state index in [4.69, 9.17) is 4.74 Å². The number of hydrogen-bond acceptors (Lipinski definition) is 4. The highest BCUT2D eigenvalue weighted by molar-refractivity contribution is 6.22. The van der Waals surface area contributed by atoms with Gasteiger partial charge in [0.15, 0.2) is 0 Å². The fourth-order valence-electron chi connectivity index (χ4n) is 2.18. The average Bonchev–Trinajstić information content (AvgIpc) is 2.70. The van der Waals surface area contributed by atoms with Gasteiger partial charge in [-0.3, -0.25) is 14.5 Å². The third-order valence-electron chi connectivity index (χ3n) is 3.49. The Labute approximate surface area is 123 Å². The van der Waals surface area contributed by atoms with Crippen LogP contribution in [0.25, 0.3) is 0 Å². The molecule has 1 unspecified atom stereocenters. The number of rotatable bonds is 5. The first-order valence-corrected chi connectivity index (χ1v) is 7.07. The molecule has 0 fully saturated rings. The van der Waals surface area contributed by atoms with Crippen molar-refractivity contribution in [1.29, 1.82) is 0 Å². The first-order valence-electron chi connectivity index (χ1n) is 7.07. The summed E-state index contributed by atoms with van der Waals surface area (Å²) in [6.07, 6.45) is 0.751. The highest BCUT2D eigenvalue weighted by atomic mass is 16.5. The summed E-state index contributed by atoms with van der Waals surface area (Å²) in [5.41, 5.74) is 0.675. The van der Waals surface area contributed by atoms with Crippen LogP contribution >= 0.6 is 0 Å². The summed E-state index contributed by atoms with van der Waals surface area (Å²) in [7, 11) is 0. The number of nitrogens with zero attached hydrogens (tertiary/aromatic N) is 1. The third kappa shape index (κ3) is 2.96. The topological polar surface area (TPSA) is 63.7 Å². The molecule has 0 N–H and O–H groups in total. The molecule has 0 radical (unpaired) electrons. The molecule has 0 saturated carbocycles. The van der Waals surface area contributed by atoms with Crippen molar-refractivity contribution in [1.82, 2.24) is 4.90 Å². The van der Waals surface area contributed by atoms with E-state index in [-0.39, 0.29) is 0 Å². The Balaban J connectivity index is 2.07. The van der Waals surface area contributed by atoms with Crippen LogP contribution in [0.3, 0.4) is 0 Å². The first-order chi connectivity index (χ1) is 9.93. The molecule has 5 heteroatoms. The van der Waals surface area contributed by atoms with Crippen LogP contribution in [0.5, 0.6) is 0 Å². The first kappa shape index (κ1) is 15.2. The molecule has 1 aromatic carbocycles. The standard InChI is InChI=1S/C16H19NO4/c1-10(2)8-9-21-16(20)11(3)17-14(18)12-6-4-5-7-13(12)15(17)19/h4-7,10-11H,8-9H2,1-3H3. The van der Waals surface area contributed by atoms with Crippen molar-refractivity contribution < 1.29 is 19.1 Å². The van der Waals surface area contributed by atoms with Crippen LogP contribution in [0.15, 0.2) is 24.3 Å². The van der Waals surface area contributed by atoms with E-state index < -0.39 is 23.8 Å². The summed E-state index contributed by atoms with van der Waals surface area (Å²) < 4.78 is 5.14. The molecule has 0 spiro atoms. The molecule has 21 heavy (non-hydrogen) atoms. The van der Waals surface area contributed by atoms with Crippen LogP contribution in [-0.2, 0) is 9.53 Å². The summed E-state index contributed by atoms with van der Waals surface area (Å²) in [6, 6.07) is 5.65. The third-order valence-corrected chi connectivity index (χ3v) is 3.49. The molecular formula is C16H19NO4. The number of benzene rings is 1. The van der Waals surface area contributed by atoms with Gasteiger partial charge in [0.05, 0.1) is 17.7 Å². The van der Waals surface area contributed by atoms with Gasteiger partial charge in [-0.2, -0.15) is 0 Å². The van der Waals surface area contributed by atoms with Gasteiger partial charge in [-0.25, -0.2) is 4.79 Å². The van der Waals surface area contributed by atoms with Gasteiger partial charge >= 0.3 is 5.97 Å². The van der Waals surface area contributed by atoms with Crippen molar-refractivity contribution in [3.63, 3.8) is 0 Å². The molecule has 0 aliphatic carbocycles. The number of fused-ring (bicyclic) bond motifs is 1. The Kier molecular flexibility index (Phi) is 4.40. The summed E-state index contributed by atoms with van der Waals surface area (Å²) in [5.74, 6) is -1.01. The minimum atomic E-state index is -0.912. The van der Waals surface area contributed by atoms with E-state index >= 15 is 0 Å². The smallest absolute Gasteiger partial charge is 0.329 e. The Morgan fingerprint density at radius 1 is 1.10 bits per heavy atom. The van der Waals surface area contributed by atoms with E-state index in [2.05, 4.69) is 0 Å². The lowest BCUT2D eigenvalue weighted by atomic mass is 10.1. The second-order valence-electron chi connectivity index (χ2n) is 5.55. The second-order valence-corrected chi connectivity index (χ2v) is 5.55. The van der Waals surface area contributed by atoms with Gasteiger partial charge < -0.3 is 4.74 Å². The Morgan fingerprint density at radius 2 is 1.62 bits per heavy atom.